The summed E-state index contributed by atoms with van der Waals surface area (Å²) in [7, 11) is 1.96. The average Bonchev–Trinajstić information content (AvgIpc) is 3.01. The summed E-state index contributed by atoms with van der Waals surface area (Å²) in [5.41, 5.74) is 11.2. The topological polar surface area (TPSA) is 56.7 Å². The Kier molecular flexibility index (Phi) is 3.61. The van der Waals surface area contributed by atoms with Gasteiger partial charge in [-0.15, -0.1) is 11.3 Å². The lowest BCUT2D eigenvalue weighted by atomic mass is 10.1. The molecule has 0 saturated heterocycles. The molecule has 0 atom stereocenters. The summed E-state index contributed by atoms with van der Waals surface area (Å²) < 4.78 is 1.90. The SMILES string of the molecule is Cc1nn(C)c(C)c1-c1nc(CN)sc1-c1ccccc1. The molecule has 0 aliphatic carbocycles. The van der Waals surface area contributed by atoms with Gasteiger partial charge in [0.05, 0.1) is 16.3 Å². The average molecular weight is 298 g/mol. The van der Waals surface area contributed by atoms with E-state index in [1.54, 1.807) is 11.3 Å². The second-order valence-corrected chi connectivity index (χ2v) is 6.11. The van der Waals surface area contributed by atoms with E-state index in [1.165, 1.54) is 5.56 Å². The van der Waals surface area contributed by atoms with Gasteiger partial charge >= 0.3 is 0 Å². The van der Waals surface area contributed by atoms with Gasteiger partial charge in [-0.1, -0.05) is 30.3 Å². The van der Waals surface area contributed by atoms with Gasteiger partial charge in [-0.3, -0.25) is 4.68 Å². The number of hydrogen-bond acceptors (Lipinski definition) is 4. The van der Waals surface area contributed by atoms with Crippen LogP contribution < -0.4 is 5.73 Å². The third-order valence-electron chi connectivity index (χ3n) is 3.63. The first-order chi connectivity index (χ1) is 10.1. The Hall–Kier alpha value is -1.98. The summed E-state index contributed by atoms with van der Waals surface area (Å²) in [5.74, 6) is 0. The third kappa shape index (κ3) is 2.39. The molecule has 2 aromatic heterocycles. The van der Waals surface area contributed by atoms with Crippen LogP contribution in [0.2, 0.25) is 0 Å². The number of rotatable bonds is 3. The van der Waals surface area contributed by atoms with Crippen LogP contribution in [0.25, 0.3) is 21.7 Å². The van der Waals surface area contributed by atoms with E-state index in [4.69, 9.17) is 10.7 Å². The fourth-order valence-corrected chi connectivity index (χ4v) is 3.48. The summed E-state index contributed by atoms with van der Waals surface area (Å²) in [5, 5.41) is 5.46. The first-order valence-corrected chi connectivity index (χ1v) is 7.69. The molecule has 2 N–H and O–H groups in total. The zero-order valence-electron chi connectivity index (χ0n) is 12.4. The highest BCUT2D eigenvalue weighted by molar-refractivity contribution is 7.15. The van der Waals surface area contributed by atoms with Gasteiger partial charge in [-0.2, -0.15) is 5.10 Å². The van der Waals surface area contributed by atoms with Crippen molar-refractivity contribution < 1.29 is 0 Å². The fraction of sp³-hybridized carbons (Fsp3) is 0.250. The van der Waals surface area contributed by atoms with Crippen LogP contribution in [-0.4, -0.2) is 14.8 Å². The van der Waals surface area contributed by atoms with Crippen molar-refractivity contribution in [3.8, 4) is 21.7 Å². The van der Waals surface area contributed by atoms with Gasteiger partial charge in [-0.25, -0.2) is 4.98 Å². The third-order valence-corrected chi connectivity index (χ3v) is 4.75. The predicted octanol–water partition coefficient (Wildman–Crippen LogP) is 3.29. The quantitative estimate of drug-likeness (QED) is 0.807. The normalized spacial score (nSPS) is 11.0. The Morgan fingerprint density at radius 1 is 1.19 bits per heavy atom. The van der Waals surface area contributed by atoms with Crippen molar-refractivity contribution >= 4 is 11.3 Å². The minimum absolute atomic E-state index is 0.461. The van der Waals surface area contributed by atoms with Crippen molar-refractivity contribution in [2.45, 2.75) is 20.4 Å². The van der Waals surface area contributed by atoms with Crippen molar-refractivity contribution in [2.75, 3.05) is 0 Å². The molecule has 0 spiro atoms. The standard InChI is InChI=1S/C16H18N4S/c1-10-14(11(2)20(3)19-10)15-16(21-13(9-17)18-15)12-7-5-4-6-8-12/h4-8H,9,17H2,1-3H3. The molecule has 2 heterocycles. The van der Waals surface area contributed by atoms with Crippen LogP contribution in [0.1, 0.15) is 16.4 Å². The molecule has 3 rings (SSSR count). The Bertz CT molecular complexity index is 771. The van der Waals surface area contributed by atoms with Crippen LogP contribution in [0.5, 0.6) is 0 Å². The number of nitrogens with two attached hydrogens (primary N) is 1. The largest absolute Gasteiger partial charge is 0.325 e. The zero-order chi connectivity index (χ0) is 15.0. The maximum atomic E-state index is 5.80. The van der Waals surface area contributed by atoms with Gasteiger partial charge in [0, 0.05) is 24.8 Å². The van der Waals surface area contributed by atoms with Crippen molar-refractivity contribution in [2.24, 2.45) is 12.8 Å². The highest BCUT2D eigenvalue weighted by atomic mass is 32.1. The molecular formula is C16H18N4S. The fourth-order valence-electron chi connectivity index (χ4n) is 2.52. The second-order valence-electron chi connectivity index (χ2n) is 5.02. The number of benzene rings is 1. The lowest BCUT2D eigenvalue weighted by molar-refractivity contribution is 0.731. The molecule has 0 unspecified atom stereocenters. The summed E-state index contributed by atoms with van der Waals surface area (Å²) in [6.45, 7) is 4.56. The van der Waals surface area contributed by atoms with E-state index in [9.17, 15) is 0 Å². The lowest BCUT2D eigenvalue weighted by Crippen LogP contribution is -1.95. The number of nitrogens with zero attached hydrogens (tertiary/aromatic N) is 3. The molecule has 108 valence electrons. The summed E-state index contributed by atoms with van der Waals surface area (Å²) in [6, 6.07) is 10.3. The molecule has 0 aliphatic heterocycles. The number of hydrogen-bond donors (Lipinski definition) is 1. The molecule has 0 bridgehead atoms. The van der Waals surface area contributed by atoms with Gasteiger partial charge in [0.1, 0.15) is 5.01 Å². The van der Waals surface area contributed by atoms with Gasteiger partial charge < -0.3 is 5.73 Å². The van der Waals surface area contributed by atoms with Crippen LogP contribution in [0.4, 0.5) is 0 Å². The Balaban J connectivity index is 2.25. The van der Waals surface area contributed by atoms with E-state index in [0.717, 1.165) is 32.5 Å². The molecule has 0 fully saturated rings. The Morgan fingerprint density at radius 2 is 1.90 bits per heavy atom. The number of thiazole rings is 1. The summed E-state index contributed by atoms with van der Waals surface area (Å²) in [6.07, 6.45) is 0. The molecule has 0 aliphatic rings. The first-order valence-electron chi connectivity index (χ1n) is 6.87. The van der Waals surface area contributed by atoms with Gasteiger partial charge in [-0.05, 0) is 19.4 Å². The molecule has 21 heavy (non-hydrogen) atoms. The predicted molar refractivity (Wildman–Crippen MR) is 87.1 cm³/mol. The van der Waals surface area contributed by atoms with Gasteiger partial charge in [0.15, 0.2) is 0 Å². The molecule has 0 radical (unpaired) electrons. The zero-order valence-corrected chi connectivity index (χ0v) is 13.2. The van der Waals surface area contributed by atoms with E-state index in [0.29, 0.717) is 6.54 Å². The molecule has 0 saturated carbocycles. The molecule has 3 aromatic rings. The van der Waals surface area contributed by atoms with E-state index in [-0.39, 0.29) is 0 Å². The highest BCUT2D eigenvalue weighted by Crippen LogP contribution is 2.39. The van der Waals surface area contributed by atoms with Crippen LogP contribution in [0.15, 0.2) is 30.3 Å². The van der Waals surface area contributed by atoms with E-state index in [2.05, 4.69) is 24.2 Å². The van der Waals surface area contributed by atoms with Gasteiger partial charge in [0.2, 0.25) is 0 Å². The maximum Gasteiger partial charge on any atom is 0.107 e. The monoisotopic (exact) mass is 298 g/mol. The summed E-state index contributed by atoms with van der Waals surface area (Å²) >= 11 is 1.66. The van der Waals surface area contributed by atoms with Crippen molar-refractivity contribution in [3.05, 3.63) is 46.7 Å². The molecule has 0 amide bonds. The molecular weight excluding hydrogens is 280 g/mol. The van der Waals surface area contributed by atoms with E-state index >= 15 is 0 Å². The van der Waals surface area contributed by atoms with E-state index in [1.807, 2.05) is 36.9 Å². The van der Waals surface area contributed by atoms with E-state index < -0.39 is 0 Å². The van der Waals surface area contributed by atoms with Crippen LogP contribution in [0.3, 0.4) is 0 Å². The second kappa shape index (κ2) is 5.42. The van der Waals surface area contributed by atoms with Crippen molar-refractivity contribution in [1.82, 2.24) is 14.8 Å². The highest BCUT2D eigenvalue weighted by Gasteiger charge is 2.20. The maximum absolute atomic E-state index is 5.80. The van der Waals surface area contributed by atoms with Crippen molar-refractivity contribution in [1.29, 1.82) is 0 Å². The Morgan fingerprint density at radius 3 is 2.48 bits per heavy atom. The summed E-state index contributed by atoms with van der Waals surface area (Å²) in [4.78, 5) is 5.91. The van der Waals surface area contributed by atoms with Gasteiger partial charge in [0.25, 0.3) is 0 Å². The van der Waals surface area contributed by atoms with Crippen LogP contribution >= 0.6 is 11.3 Å². The van der Waals surface area contributed by atoms with Crippen LogP contribution in [0, 0.1) is 13.8 Å². The molecule has 4 nitrogen and oxygen atoms in total. The lowest BCUT2D eigenvalue weighted by Gasteiger charge is -2.03. The Labute approximate surface area is 128 Å². The van der Waals surface area contributed by atoms with Crippen molar-refractivity contribution in [3.63, 3.8) is 0 Å². The minimum atomic E-state index is 0.461. The minimum Gasteiger partial charge on any atom is -0.325 e. The number of aromatic nitrogens is 3. The number of aryl methyl sites for hydroxylation is 2. The molecule has 5 heteroatoms. The van der Waals surface area contributed by atoms with Crippen LogP contribution in [-0.2, 0) is 13.6 Å². The molecule has 1 aromatic carbocycles. The smallest absolute Gasteiger partial charge is 0.107 e. The first kappa shape index (κ1) is 14.0.